The number of nitrogens with one attached hydrogen (secondary N) is 1. The van der Waals surface area contributed by atoms with Crippen molar-refractivity contribution < 1.29 is 4.42 Å². The second-order valence-corrected chi connectivity index (χ2v) is 5.15. The third kappa shape index (κ3) is 1.97. The zero-order valence-corrected chi connectivity index (χ0v) is 10.7. The maximum absolute atomic E-state index is 5.48. The van der Waals surface area contributed by atoms with Gasteiger partial charge in [0.25, 0.3) is 0 Å². The van der Waals surface area contributed by atoms with Crippen LogP contribution in [0, 0.1) is 0 Å². The number of furan rings is 1. The molecule has 3 rings (SSSR count). The Morgan fingerprint density at radius 2 is 1.94 bits per heavy atom. The van der Waals surface area contributed by atoms with Crippen LogP contribution in [0.25, 0.3) is 0 Å². The zero-order chi connectivity index (χ0) is 12.4. The average molecular weight is 241 g/mol. The molecule has 1 atom stereocenters. The van der Waals surface area contributed by atoms with Crippen molar-refractivity contribution in [1.29, 1.82) is 0 Å². The van der Waals surface area contributed by atoms with E-state index in [1.54, 1.807) is 6.26 Å². The highest BCUT2D eigenvalue weighted by Crippen LogP contribution is 2.51. The molecule has 2 aromatic rings. The summed E-state index contributed by atoms with van der Waals surface area (Å²) in [5.41, 5.74) is 1.76. The minimum Gasteiger partial charge on any atom is -0.469 e. The normalized spacial score (nSPS) is 18.5. The lowest BCUT2D eigenvalue weighted by molar-refractivity contribution is 0.399. The number of rotatable bonds is 5. The van der Waals surface area contributed by atoms with E-state index in [1.807, 2.05) is 6.07 Å². The summed E-state index contributed by atoms with van der Waals surface area (Å²) in [6.07, 6.45) is 5.25. The molecule has 1 N–H and O–H groups in total. The molecule has 1 heterocycles. The lowest BCUT2D eigenvalue weighted by atomic mass is 9.85. The summed E-state index contributed by atoms with van der Waals surface area (Å²) in [5, 5.41) is 3.48. The van der Waals surface area contributed by atoms with Crippen LogP contribution >= 0.6 is 0 Å². The van der Waals surface area contributed by atoms with Crippen molar-refractivity contribution in [2.45, 2.75) is 30.7 Å². The first-order valence-electron chi connectivity index (χ1n) is 6.60. The molecule has 0 radical (unpaired) electrons. The fourth-order valence-electron chi connectivity index (χ4n) is 2.95. The predicted octanol–water partition coefficient (Wildman–Crippen LogP) is 3.14. The Morgan fingerprint density at radius 3 is 2.50 bits per heavy atom. The van der Waals surface area contributed by atoms with Gasteiger partial charge in [-0.15, -0.1) is 0 Å². The van der Waals surface area contributed by atoms with Gasteiger partial charge in [0.15, 0.2) is 0 Å². The molecule has 0 saturated heterocycles. The average Bonchev–Trinajstić information content (AvgIpc) is 3.07. The van der Waals surface area contributed by atoms with Gasteiger partial charge in [-0.2, -0.15) is 0 Å². The van der Waals surface area contributed by atoms with E-state index in [0.717, 1.165) is 12.2 Å². The molecule has 18 heavy (non-hydrogen) atoms. The van der Waals surface area contributed by atoms with Crippen LogP contribution in [0.3, 0.4) is 0 Å². The van der Waals surface area contributed by atoms with E-state index in [4.69, 9.17) is 4.42 Å². The molecule has 1 aromatic carbocycles. The van der Waals surface area contributed by atoms with Gasteiger partial charge in [0, 0.05) is 17.9 Å². The molecule has 2 heteroatoms. The van der Waals surface area contributed by atoms with E-state index in [1.165, 1.54) is 18.4 Å². The van der Waals surface area contributed by atoms with Gasteiger partial charge in [-0.05, 0) is 37.6 Å². The maximum atomic E-state index is 5.48. The van der Waals surface area contributed by atoms with Crippen LogP contribution in [0.5, 0.6) is 0 Å². The molecule has 0 bridgehead atoms. The lowest BCUT2D eigenvalue weighted by Gasteiger charge is -2.26. The van der Waals surface area contributed by atoms with Crippen molar-refractivity contribution in [3.05, 3.63) is 60.1 Å². The molecule has 0 spiro atoms. The minimum atomic E-state index is 0.308. The molecule has 1 aliphatic carbocycles. The van der Waals surface area contributed by atoms with Crippen LogP contribution in [0.15, 0.2) is 53.1 Å². The third-order valence-electron chi connectivity index (χ3n) is 4.14. The molecule has 1 saturated carbocycles. The summed E-state index contributed by atoms with van der Waals surface area (Å²) in [5.74, 6) is 1.07. The Balaban J connectivity index is 1.83. The second-order valence-electron chi connectivity index (χ2n) is 5.15. The predicted molar refractivity (Wildman–Crippen MR) is 72.6 cm³/mol. The van der Waals surface area contributed by atoms with Crippen LogP contribution in [0.2, 0.25) is 0 Å². The highest BCUT2D eigenvalue weighted by molar-refractivity contribution is 5.34. The van der Waals surface area contributed by atoms with Gasteiger partial charge in [0.2, 0.25) is 0 Å². The van der Waals surface area contributed by atoms with Crippen LogP contribution in [0.1, 0.15) is 24.2 Å². The first-order valence-corrected chi connectivity index (χ1v) is 6.60. The van der Waals surface area contributed by atoms with E-state index in [0.29, 0.717) is 11.5 Å². The van der Waals surface area contributed by atoms with Crippen LogP contribution in [-0.2, 0) is 11.8 Å². The molecular formula is C16H19NO. The Hall–Kier alpha value is -1.54. The first kappa shape index (κ1) is 11.5. The number of hydrogen-bond donors (Lipinski definition) is 1. The van der Waals surface area contributed by atoms with Gasteiger partial charge >= 0.3 is 0 Å². The molecule has 2 nitrogen and oxygen atoms in total. The Kier molecular flexibility index (Phi) is 2.96. The van der Waals surface area contributed by atoms with Gasteiger partial charge in [-0.3, -0.25) is 0 Å². The molecule has 1 unspecified atom stereocenters. The van der Waals surface area contributed by atoms with Gasteiger partial charge in [0.05, 0.1) is 6.26 Å². The topological polar surface area (TPSA) is 25.2 Å². The van der Waals surface area contributed by atoms with Crippen molar-refractivity contribution in [3.63, 3.8) is 0 Å². The zero-order valence-electron chi connectivity index (χ0n) is 10.7. The lowest BCUT2D eigenvalue weighted by Crippen LogP contribution is -2.39. The molecule has 0 amide bonds. The van der Waals surface area contributed by atoms with Crippen LogP contribution < -0.4 is 5.32 Å². The summed E-state index contributed by atoms with van der Waals surface area (Å²) in [6, 6.07) is 15.3. The summed E-state index contributed by atoms with van der Waals surface area (Å²) in [6.45, 7) is 0. The number of hydrogen-bond acceptors (Lipinski definition) is 2. The van der Waals surface area contributed by atoms with Crippen molar-refractivity contribution in [2.24, 2.45) is 0 Å². The Labute approximate surface area is 108 Å². The minimum absolute atomic E-state index is 0.308. The standard InChI is InChI=1S/C16H19NO/c1-17-15(12-14-8-5-11-18-14)16(9-10-16)13-6-3-2-4-7-13/h2-8,11,15,17H,9-10,12H2,1H3. The molecule has 1 aliphatic rings. The highest BCUT2D eigenvalue weighted by Gasteiger charge is 2.50. The van der Waals surface area contributed by atoms with E-state index in [2.05, 4.69) is 48.8 Å². The van der Waals surface area contributed by atoms with Gasteiger partial charge < -0.3 is 9.73 Å². The summed E-state index contributed by atoms with van der Waals surface area (Å²) in [7, 11) is 2.05. The van der Waals surface area contributed by atoms with Crippen molar-refractivity contribution in [1.82, 2.24) is 5.32 Å². The fraction of sp³-hybridized carbons (Fsp3) is 0.375. The van der Waals surface area contributed by atoms with Crippen molar-refractivity contribution in [2.75, 3.05) is 7.05 Å². The summed E-state index contributed by atoms with van der Waals surface area (Å²) in [4.78, 5) is 0. The third-order valence-corrected chi connectivity index (χ3v) is 4.14. The highest BCUT2D eigenvalue weighted by atomic mass is 16.3. The fourth-order valence-corrected chi connectivity index (χ4v) is 2.95. The van der Waals surface area contributed by atoms with Gasteiger partial charge in [0.1, 0.15) is 5.76 Å². The molecule has 1 fully saturated rings. The van der Waals surface area contributed by atoms with E-state index >= 15 is 0 Å². The quantitative estimate of drug-likeness (QED) is 0.870. The van der Waals surface area contributed by atoms with Crippen LogP contribution in [-0.4, -0.2) is 13.1 Å². The smallest absolute Gasteiger partial charge is 0.105 e. The molecule has 1 aromatic heterocycles. The SMILES string of the molecule is CNC(Cc1ccco1)C1(c2ccccc2)CC1. The molecule has 94 valence electrons. The summed E-state index contributed by atoms with van der Waals surface area (Å²) < 4.78 is 5.48. The van der Waals surface area contributed by atoms with Crippen molar-refractivity contribution >= 4 is 0 Å². The van der Waals surface area contributed by atoms with E-state index in [9.17, 15) is 0 Å². The Bertz CT molecular complexity index is 485. The van der Waals surface area contributed by atoms with E-state index < -0.39 is 0 Å². The largest absolute Gasteiger partial charge is 0.469 e. The van der Waals surface area contributed by atoms with Crippen LogP contribution in [0.4, 0.5) is 0 Å². The number of likely N-dealkylation sites (N-methyl/N-ethyl adjacent to an activating group) is 1. The van der Waals surface area contributed by atoms with Crippen molar-refractivity contribution in [3.8, 4) is 0 Å². The second kappa shape index (κ2) is 4.62. The number of benzene rings is 1. The van der Waals surface area contributed by atoms with Gasteiger partial charge in [-0.25, -0.2) is 0 Å². The Morgan fingerprint density at radius 1 is 1.17 bits per heavy atom. The van der Waals surface area contributed by atoms with Gasteiger partial charge in [-0.1, -0.05) is 30.3 Å². The maximum Gasteiger partial charge on any atom is 0.105 e. The molecule has 0 aliphatic heterocycles. The monoisotopic (exact) mass is 241 g/mol. The first-order chi connectivity index (χ1) is 8.85. The van der Waals surface area contributed by atoms with E-state index in [-0.39, 0.29) is 0 Å². The summed E-state index contributed by atoms with van der Waals surface area (Å²) >= 11 is 0. The molecular weight excluding hydrogens is 222 g/mol.